The summed E-state index contributed by atoms with van der Waals surface area (Å²) >= 11 is 0. The fourth-order valence-electron chi connectivity index (χ4n) is 5.89. The van der Waals surface area contributed by atoms with Gasteiger partial charge in [0.15, 0.2) is 0 Å². The first-order valence-electron chi connectivity index (χ1n) is 18.8. The third-order valence-electron chi connectivity index (χ3n) is 7.26. The Labute approximate surface area is 343 Å². The smallest absolute Gasteiger partial charge is 0.0926 e. The van der Waals surface area contributed by atoms with Crippen molar-refractivity contribution in [3.63, 3.8) is 0 Å². The van der Waals surface area contributed by atoms with Crippen LogP contribution in [0.5, 0.6) is 0 Å². The van der Waals surface area contributed by atoms with Crippen LogP contribution in [0.2, 0.25) is 0 Å². The number of piperidine rings is 1. The van der Waals surface area contributed by atoms with Crippen molar-refractivity contribution < 1.29 is 39.6 Å². The van der Waals surface area contributed by atoms with Crippen LogP contribution in [0.4, 0.5) is 0 Å². The Morgan fingerprint density at radius 1 is 0.740 bits per heavy atom. The van der Waals surface area contributed by atoms with Gasteiger partial charge in [-0.2, -0.15) is 20.8 Å². The Morgan fingerprint density at radius 3 is 1.48 bits per heavy atom. The molecule has 297 valence electrons. The summed E-state index contributed by atoms with van der Waals surface area (Å²) in [6.45, 7) is 51.8. The number of hydrogen-bond donors (Lipinski definition) is 1. The van der Waals surface area contributed by atoms with Crippen LogP contribution in [0.3, 0.4) is 0 Å². The molecule has 1 radical (unpaired) electrons. The molecule has 1 aromatic heterocycles. The zero-order valence-corrected chi connectivity index (χ0v) is 41.9. The van der Waals surface area contributed by atoms with Gasteiger partial charge in [-0.1, -0.05) is 119 Å². The quantitative estimate of drug-likeness (QED) is 0.290. The normalized spacial score (nSPS) is 19.8. The molecule has 2 aliphatic heterocycles. The Bertz CT molecular complexity index is 1000. The molecule has 0 spiro atoms. The largest absolute Gasteiger partial charge is 0.358 e. The van der Waals surface area contributed by atoms with Crippen molar-refractivity contribution in [1.82, 2.24) is 19.8 Å². The first kappa shape index (κ1) is 61.7. The van der Waals surface area contributed by atoms with Gasteiger partial charge in [-0.15, -0.1) is 5.54 Å². The van der Waals surface area contributed by atoms with Gasteiger partial charge in [-0.05, 0) is 72.4 Å². The van der Waals surface area contributed by atoms with Crippen LogP contribution in [-0.2, 0) is 51.6 Å². The number of benzene rings is 1. The Kier molecular flexibility index (Phi) is 35.8. The van der Waals surface area contributed by atoms with Crippen molar-refractivity contribution in [2.45, 2.75) is 193 Å². The summed E-state index contributed by atoms with van der Waals surface area (Å²) in [6.07, 6.45) is 6.78. The predicted molar refractivity (Wildman–Crippen MR) is 222 cm³/mol. The van der Waals surface area contributed by atoms with E-state index in [2.05, 4.69) is 161 Å². The average Bonchev–Trinajstić information content (AvgIpc) is 3.45. The van der Waals surface area contributed by atoms with E-state index in [0.29, 0.717) is 5.41 Å². The summed E-state index contributed by atoms with van der Waals surface area (Å²) in [5.41, 5.74) is 4.62. The molecule has 1 saturated heterocycles. The summed E-state index contributed by atoms with van der Waals surface area (Å²) in [4.78, 5) is 13.1. The zero-order chi connectivity index (χ0) is 37.9. The van der Waals surface area contributed by atoms with Gasteiger partial charge in [-0.25, -0.2) is 4.98 Å². The van der Waals surface area contributed by atoms with E-state index in [1.165, 1.54) is 48.7 Å². The molecule has 1 fully saturated rings. The number of nitrogens with one attached hydrogen (secondary N) is 1. The second kappa shape index (κ2) is 29.0. The van der Waals surface area contributed by atoms with Crippen LogP contribution in [0.15, 0.2) is 36.7 Å². The maximum Gasteiger partial charge on any atom is 0.0926 e. The minimum absolute atomic E-state index is 0. The van der Waals surface area contributed by atoms with E-state index in [-0.39, 0.29) is 69.2 Å². The minimum Gasteiger partial charge on any atom is -0.358 e. The molecule has 0 aliphatic carbocycles. The van der Waals surface area contributed by atoms with Gasteiger partial charge in [0.05, 0.1) is 17.6 Å². The van der Waals surface area contributed by atoms with Gasteiger partial charge in [-0.3, -0.25) is 4.90 Å². The van der Waals surface area contributed by atoms with Crippen LogP contribution in [-0.4, -0.2) is 49.5 Å². The van der Waals surface area contributed by atoms with Crippen molar-refractivity contribution in [3.05, 3.63) is 73.9 Å². The summed E-state index contributed by atoms with van der Waals surface area (Å²) < 4.78 is 0. The molecule has 4 rings (SSSR count). The number of H-pyrrole nitrogens is 1. The van der Waals surface area contributed by atoms with E-state index >= 15 is 0 Å². The molecule has 2 unspecified atom stereocenters. The summed E-state index contributed by atoms with van der Waals surface area (Å²) in [5.74, 6) is 1.42. The average molecular weight is 907 g/mol. The monoisotopic (exact) mass is 907 g/mol. The second-order valence-electron chi connectivity index (χ2n) is 16.5. The van der Waals surface area contributed by atoms with E-state index in [9.17, 15) is 0 Å². The number of hydrogen-bond acceptors (Lipinski definition) is 3. The molecule has 1 N–H and O–H groups in total. The maximum atomic E-state index is 4.65. The Morgan fingerprint density at radius 2 is 1.14 bits per heavy atom. The molecule has 2 aromatic rings. The molecule has 3 heterocycles. The van der Waals surface area contributed by atoms with Crippen molar-refractivity contribution in [1.29, 1.82) is 0 Å². The number of likely N-dealkylation sites (tertiary alicyclic amines) is 1. The molecule has 4 nitrogen and oxygen atoms in total. The van der Waals surface area contributed by atoms with Crippen molar-refractivity contribution in [2.75, 3.05) is 13.1 Å². The zero-order valence-electron chi connectivity index (χ0n) is 37.6. The minimum atomic E-state index is -0.174. The predicted octanol–water partition coefficient (Wildman–Crippen LogP) is 13.4. The SMILES string of the molecule is CC.CC.CC.CC(C)(C)C.CC(C)(C)N1CCc2[nH]cnc2C1(C)c1ccccc1.C[C-](C)C.[CH2-]C1(C)CCCCN1C(C)(C)C.[CH3-].[V].[W]. The Balaban J connectivity index is -0.000000139. The fourth-order valence-corrected chi connectivity index (χ4v) is 5.89. The van der Waals surface area contributed by atoms with Gasteiger partial charge >= 0.3 is 0 Å². The molecular formula is C44H87N4VW-3. The third-order valence-corrected chi connectivity index (χ3v) is 7.26. The van der Waals surface area contributed by atoms with E-state index in [1.54, 1.807) is 0 Å². The molecule has 0 amide bonds. The van der Waals surface area contributed by atoms with Crippen LogP contribution < -0.4 is 0 Å². The number of imidazole rings is 1. The van der Waals surface area contributed by atoms with Gasteiger partial charge in [0.1, 0.15) is 0 Å². The maximum absolute atomic E-state index is 4.65. The van der Waals surface area contributed by atoms with Gasteiger partial charge in [0.2, 0.25) is 0 Å². The number of nitrogens with zero attached hydrogens (tertiary/aromatic N) is 3. The molecular weight excluding hydrogens is 819 g/mol. The van der Waals surface area contributed by atoms with Crippen molar-refractivity contribution in [3.8, 4) is 0 Å². The van der Waals surface area contributed by atoms with Crippen molar-refractivity contribution in [2.24, 2.45) is 5.41 Å². The molecule has 0 saturated carbocycles. The van der Waals surface area contributed by atoms with Crippen LogP contribution in [0.1, 0.15) is 182 Å². The molecule has 1 aromatic carbocycles. The molecule has 50 heavy (non-hydrogen) atoms. The van der Waals surface area contributed by atoms with Gasteiger partial charge in [0, 0.05) is 69.4 Å². The van der Waals surface area contributed by atoms with E-state index in [4.69, 9.17) is 0 Å². The van der Waals surface area contributed by atoms with E-state index in [1.807, 2.05) is 47.9 Å². The van der Waals surface area contributed by atoms with Crippen LogP contribution in [0.25, 0.3) is 0 Å². The number of aromatic nitrogens is 2. The summed E-state index contributed by atoms with van der Waals surface area (Å²) in [7, 11) is 0. The van der Waals surface area contributed by atoms with E-state index in [0.717, 1.165) is 13.0 Å². The Hall–Kier alpha value is -0.377. The summed E-state index contributed by atoms with van der Waals surface area (Å²) in [5, 5.41) is 0. The molecule has 0 bridgehead atoms. The topological polar surface area (TPSA) is 35.2 Å². The summed E-state index contributed by atoms with van der Waals surface area (Å²) in [6, 6.07) is 10.7. The number of rotatable bonds is 1. The molecule has 2 aliphatic rings. The first-order valence-corrected chi connectivity index (χ1v) is 18.8. The van der Waals surface area contributed by atoms with Gasteiger partial charge in [0.25, 0.3) is 0 Å². The van der Waals surface area contributed by atoms with Crippen molar-refractivity contribution >= 4 is 0 Å². The fraction of sp³-hybridized carbons (Fsp3) is 0.727. The second-order valence-corrected chi connectivity index (χ2v) is 16.5. The number of fused-ring (bicyclic) bond motifs is 1. The molecule has 6 heteroatoms. The van der Waals surface area contributed by atoms with Crippen LogP contribution >= 0.6 is 0 Å². The standard InChI is InChI=1S/C17H23N3.C11H22N.C5H12.C4H9.3C2H6.CH3.V.W/c1-16(2,3)20-11-10-14-15(19-12-18-14)17(20,4)13-8-6-5-7-9-13;1-10(2,3)12-9-7-6-8-11(12,4)5;1-5(2,3)4;1-4(2)3;3*1-2;;;/h5-9,12H,10-11H2,1-4H3,(H,18,19);4,6-9H2,1-3,5H3;1-4H3;1-3H3;3*1-2H3;1H3;;/q;-1;;-1;;;;-1;;. The third kappa shape index (κ3) is 23.3. The molecule has 2 atom stereocenters. The number of aromatic amines is 1. The van der Waals surface area contributed by atoms with Crippen LogP contribution in [0, 0.1) is 25.7 Å². The van der Waals surface area contributed by atoms with Gasteiger partial charge < -0.3 is 30.2 Å². The first-order chi connectivity index (χ1) is 21.5. The van der Waals surface area contributed by atoms with E-state index < -0.39 is 0 Å².